The van der Waals surface area contributed by atoms with E-state index in [2.05, 4.69) is 9.97 Å². The van der Waals surface area contributed by atoms with Crippen molar-refractivity contribution in [3.05, 3.63) is 99.9 Å². The second-order valence-corrected chi connectivity index (χ2v) is 7.11. The molecule has 2 heterocycles. The van der Waals surface area contributed by atoms with E-state index in [1.54, 1.807) is 24.5 Å². The van der Waals surface area contributed by atoms with Gasteiger partial charge in [0.2, 0.25) is 0 Å². The van der Waals surface area contributed by atoms with Crippen LogP contribution in [-0.2, 0) is 6.42 Å². The van der Waals surface area contributed by atoms with Crippen LogP contribution < -0.4 is 0 Å². The van der Waals surface area contributed by atoms with Crippen LogP contribution in [0.1, 0.15) is 22.7 Å². The van der Waals surface area contributed by atoms with Gasteiger partial charge in [-0.1, -0.05) is 47.5 Å². The van der Waals surface area contributed by atoms with E-state index in [-0.39, 0.29) is 11.7 Å². The molecule has 1 atom stereocenters. The van der Waals surface area contributed by atoms with Gasteiger partial charge in [0.05, 0.1) is 5.02 Å². The molecule has 2 aromatic heterocycles. The van der Waals surface area contributed by atoms with Crippen LogP contribution >= 0.6 is 23.2 Å². The van der Waals surface area contributed by atoms with Crippen LogP contribution in [0, 0.1) is 0 Å². The topological polar surface area (TPSA) is 46.0 Å². The van der Waals surface area contributed by atoms with Gasteiger partial charge in [0.15, 0.2) is 0 Å². The summed E-state index contributed by atoms with van der Waals surface area (Å²) in [7, 11) is 0. The third-order valence-electron chi connectivity index (χ3n) is 4.64. The molecule has 0 amide bonds. The predicted molar refractivity (Wildman–Crippen MR) is 110 cm³/mol. The highest BCUT2D eigenvalue weighted by atomic mass is 35.5. The van der Waals surface area contributed by atoms with Gasteiger partial charge in [-0.15, -0.1) is 0 Å². The third kappa shape index (κ3) is 3.48. The molecule has 0 aliphatic carbocycles. The molecule has 0 spiro atoms. The summed E-state index contributed by atoms with van der Waals surface area (Å²) in [5.41, 5.74) is 2.98. The lowest BCUT2D eigenvalue weighted by Gasteiger charge is -2.21. The maximum atomic E-state index is 11.0. The molecule has 0 aliphatic rings. The summed E-state index contributed by atoms with van der Waals surface area (Å²) >= 11 is 13.0. The summed E-state index contributed by atoms with van der Waals surface area (Å²) in [6.45, 7) is 0. The minimum absolute atomic E-state index is 0.121. The van der Waals surface area contributed by atoms with Gasteiger partial charge >= 0.3 is 0 Å². The summed E-state index contributed by atoms with van der Waals surface area (Å²) in [6, 6.07) is 18.9. The molecule has 0 saturated heterocycles. The van der Waals surface area contributed by atoms with Crippen molar-refractivity contribution in [3.63, 3.8) is 0 Å². The highest BCUT2D eigenvalue weighted by Gasteiger charge is 2.24. The van der Waals surface area contributed by atoms with E-state index < -0.39 is 0 Å². The predicted octanol–water partition coefficient (Wildman–Crippen LogP) is 6.02. The zero-order valence-electron chi connectivity index (χ0n) is 14.3. The molecule has 27 heavy (non-hydrogen) atoms. The van der Waals surface area contributed by atoms with Crippen LogP contribution in [0.2, 0.25) is 10.0 Å². The van der Waals surface area contributed by atoms with Crippen molar-refractivity contribution in [1.82, 2.24) is 9.97 Å². The van der Waals surface area contributed by atoms with Crippen LogP contribution in [0.4, 0.5) is 0 Å². The zero-order chi connectivity index (χ0) is 18.8. The molecule has 0 saturated carbocycles. The number of rotatable bonds is 4. The number of benzene rings is 2. The van der Waals surface area contributed by atoms with E-state index in [0.717, 1.165) is 16.6 Å². The van der Waals surface area contributed by atoms with E-state index in [1.165, 1.54) is 0 Å². The number of nitrogens with zero attached hydrogens (tertiary/aromatic N) is 2. The highest BCUT2D eigenvalue weighted by Crippen LogP contribution is 2.42. The van der Waals surface area contributed by atoms with Gasteiger partial charge in [0.1, 0.15) is 11.3 Å². The Labute approximate surface area is 167 Å². The van der Waals surface area contributed by atoms with Gasteiger partial charge in [-0.3, -0.25) is 9.97 Å². The Bertz CT molecular complexity index is 1100. The van der Waals surface area contributed by atoms with Gasteiger partial charge in [0, 0.05) is 46.4 Å². The number of phenolic OH excluding ortho intramolecular Hbond substituents is 1. The number of phenols is 1. The van der Waals surface area contributed by atoms with Crippen molar-refractivity contribution in [2.24, 2.45) is 0 Å². The molecule has 0 fully saturated rings. The fourth-order valence-corrected chi connectivity index (χ4v) is 3.88. The standard InChI is InChI=1S/C22H16Cl2N2O/c23-19-9-2-1-7-15(19)17(12-14-6-3-4-10-25-14)18-13-20(24)16-8-5-11-26-21(16)22(18)27/h1-11,13,17,27H,12H2. The molecule has 5 heteroatoms. The number of aromatic hydroxyl groups is 1. The number of fused-ring (bicyclic) bond motifs is 1. The lowest BCUT2D eigenvalue weighted by atomic mass is 9.86. The summed E-state index contributed by atoms with van der Waals surface area (Å²) in [5.74, 6) is -0.0895. The van der Waals surface area contributed by atoms with E-state index in [0.29, 0.717) is 27.5 Å². The second-order valence-electron chi connectivity index (χ2n) is 6.30. The van der Waals surface area contributed by atoms with Crippen molar-refractivity contribution in [2.45, 2.75) is 12.3 Å². The lowest BCUT2D eigenvalue weighted by Crippen LogP contribution is -2.08. The number of hydrogen-bond acceptors (Lipinski definition) is 3. The molecule has 4 aromatic rings. The van der Waals surface area contributed by atoms with Crippen molar-refractivity contribution in [1.29, 1.82) is 0 Å². The Balaban J connectivity index is 1.92. The maximum Gasteiger partial charge on any atom is 0.145 e. The molecule has 0 radical (unpaired) electrons. The van der Waals surface area contributed by atoms with E-state index in [4.69, 9.17) is 23.2 Å². The van der Waals surface area contributed by atoms with Gasteiger partial charge in [0.25, 0.3) is 0 Å². The minimum atomic E-state index is -0.211. The molecule has 1 N–H and O–H groups in total. The second kappa shape index (κ2) is 7.55. The summed E-state index contributed by atoms with van der Waals surface area (Å²) < 4.78 is 0. The van der Waals surface area contributed by atoms with Gasteiger partial charge < -0.3 is 5.11 Å². The highest BCUT2D eigenvalue weighted by molar-refractivity contribution is 6.35. The first kappa shape index (κ1) is 17.8. The number of pyridine rings is 2. The first-order valence-electron chi connectivity index (χ1n) is 8.55. The number of halogens is 2. The average molecular weight is 395 g/mol. The molecule has 2 aromatic carbocycles. The van der Waals surface area contributed by atoms with Crippen molar-refractivity contribution in [3.8, 4) is 5.75 Å². The fourth-order valence-electron chi connectivity index (χ4n) is 3.34. The Morgan fingerprint density at radius 2 is 1.59 bits per heavy atom. The molecule has 134 valence electrons. The minimum Gasteiger partial charge on any atom is -0.505 e. The van der Waals surface area contributed by atoms with Crippen molar-refractivity contribution >= 4 is 34.1 Å². The normalized spacial score (nSPS) is 12.2. The van der Waals surface area contributed by atoms with Gasteiger partial charge in [-0.05, 0) is 42.0 Å². The lowest BCUT2D eigenvalue weighted by molar-refractivity contribution is 0.469. The Kier molecular flexibility index (Phi) is 4.97. The first-order valence-corrected chi connectivity index (χ1v) is 9.31. The maximum absolute atomic E-state index is 11.0. The fraction of sp³-hybridized carbons (Fsp3) is 0.0909. The van der Waals surface area contributed by atoms with E-state index in [1.807, 2.05) is 48.5 Å². The third-order valence-corrected chi connectivity index (χ3v) is 5.30. The average Bonchev–Trinajstić information content (AvgIpc) is 2.71. The summed E-state index contributed by atoms with van der Waals surface area (Å²) in [5, 5.41) is 12.9. The van der Waals surface area contributed by atoms with E-state index in [9.17, 15) is 5.11 Å². The molecule has 0 bridgehead atoms. The Morgan fingerprint density at radius 3 is 2.37 bits per heavy atom. The monoisotopic (exact) mass is 394 g/mol. The number of aromatic nitrogens is 2. The summed E-state index contributed by atoms with van der Waals surface area (Å²) in [4.78, 5) is 8.77. The smallest absolute Gasteiger partial charge is 0.145 e. The van der Waals surface area contributed by atoms with Crippen molar-refractivity contribution in [2.75, 3.05) is 0 Å². The molecular weight excluding hydrogens is 379 g/mol. The first-order chi connectivity index (χ1) is 13.1. The van der Waals surface area contributed by atoms with Crippen molar-refractivity contribution < 1.29 is 5.11 Å². The van der Waals surface area contributed by atoms with Crippen LogP contribution in [0.3, 0.4) is 0 Å². The molecule has 4 rings (SSSR count). The molecular formula is C22H16Cl2N2O. The zero-order valence-corrected chi connectivity index (χ0v) is 15.8. The molecule has 0 aliphatic heterocycles. The molecule has 3 nitrogen and oxygen atoms in total. The van der Waals surface area contributed by atoms with Gasteiger partial charge in [-0.2, -0.15) is 0 Å². The molecule has 1 unspecified atom stereocenters. The van der Waals surface area contributed by atoms with Crippen LogP contribution in [0.25, 0.3) is 10.9 Å². The number of hydrogen-bond donors (Lipinski definition) is 1. The SMILES string of the molecule is Oc1c(C(Cc2ccccn2)c2ccccc2Cl)cc(Cl)c2cccnc12. The van der Waals surface area contributed by atoms with Crippen LogP contribution in [-0.4, -0.2) is 15.1 Å². The Morgan fingerprint density at radius 1 is 0.815 bits per heavy atom. The van der Waals surface area contributed by atoms with Gasteiger partial charge in [-0.25, -0.2) is 0 Å². The summed E-state index contributed by atoms with van der Waals surface area (Å²) in [6.07, 6.45) is 3.98. The quantitative estimate of drug-likeness (QED) is 0.460. The largest absolute Gasteiger partial charge is 0.505 e. The van der Waals surface area contributed by atoms with E-state index >= 15 is 0 Å². The Hall–Kier alpha value is -2.62. The van der Waals surface area contributed by atoms with Crippen LogP contribution in [0.15, 0.2) is 73.1 Å². The van der Waals surface area contributed by atoms with Crippen LogP contribution in [0.5, 0.6) is 5.75 Å².